The van der Waals surface area contributed by atoms with Crippen LogP contribution < -0.4 is 0 Å². The zero-order valence-electron chi connectivity index (χ0n) is 14.3. The van der Waals surface area contributed by atoms with Gasteiger partial charge in [0.25, 0.3) is 0 Å². The average molecular weight is 327 g/mol. The lowest BCUT2D eigenvalue weighted by Crippen LogP contribution is -2.39. The number of hydrogen-bond donors (Lipinski definition) is 1. The van der Waals surface area contributed by atoms with Gasteiger partial charge in [-0.15, -0.1) is 0 Å². The highest BCUT2D eigenvalue weighted by Gasteiger charge is 2.33. The molecule has 2 aromatic rings. The van der Waals surface area contributed by atoms with Crippen LogP contribution in [0.4, 0.5) is 0 Å². The Morgan fingerprint density at radius 1 is 1.38 bits per heavy atom. The summed E-state index contributed by atoms with van der Waals surface area (Å²) in [6, 6.07) is 11.8. The number of nitrogens with zero attached hydrogens (tertiary/aromatic N) is 1. The van der Waals surface area contributed by atoms with E-state index < -0.39 is 6.10 Å². The predicted molar refractivity (Wildman–Crippen MR) is 92.6 cm³/mol. The summed E-state index contributed by atoms with van der Waals surface area (Å²) in [5, 5.41) is 10.3. The summed E-state index contributed by atoms with van der Waals surface area (Å²) in [4.78, 5) is 14.9. The van der Waals surface area contributed by atoms with E-state index in [2.05, 4.69) is 6.07 Å². The Morgan fingerprint density at radius 3 is 2.92 bits per heavy atom. The zero-order chi connectivity index (χ0) is 17.1. The molecule has 4 heteroatoms. The molecule has 0 aliphatic carbocycles. The summed E-state index contributed by atoms with van der Waals surface area (Å²) >= 11 is 0. The molecule has 0 bridgehead atoms. The molecule has 3 rings (SSSR count). The minimum Gasteiger partial charge on any atom is -0.467 e. The highest BCUT2D eigenvalue weighted by Crippen LogP contribution is 2.30. The molecule has 1 amide bonds. The molecule has 1 saturated heterocycles. The number of carbonyl (C=O) groups excluding carboxylic acids is 1. The van der Waals surface area contributed by atoms with Crippen molar-refractivity contribution < 1.29 is 14.3 Å². The van der Waals surface area contributed by atoms with Gasteiger partial charge in [0.05, 0.1) is 12.2 Å². The second kappa shape index (κ2) is 7.22. The SMILES string of the molecule is Cc1cccc(C(C)C(=O)N2CCCC2CC(O)c2ccco2)c1. The quantitative estimate of drug-likeness (QED) is 0.908. The first-order valence-corrected chi connectivity index (χ1v) is 8.65. The van der Waals surface area contributed by atoms with Crippen molar-refractivity contribution in [1.82, 2.24) is 4.90 Å². The maximum atomic E-state index is 13.0. The van der Waals surface area contributed by atoms with Crippen LogP contribution in [-0.4, -0.2) is 28.5 Å². The second-order valence-corrected chi connectivity index (χ2v) is 6.73. The van der Waals surface area contributed by atoms with E-state index in [1.165, 1.54) is 5.56 Å². The van der Waals surface area contributed by atoms with Crippen LogP contribution in [0, 0.1) is 6.92 Å². The van der Waals surface area contributed by atoms with Crippen LogP contribution in [0.1, 0.15) is 55.1 Å². The molecule has 1 fully saturated rings. The molecule has 3 unspecified atom stereocenters. The van der Waals surface area contributed by atoms with Crippen molar-refractivity contribution in [3.63, 3.8) is 0 Å². The molecule has 1 aromatic heterocycles. The normalized spacial score (nSPS) is 20.1. The zero-order valence-corrected chi connectivity index (χ0v) is 14.3. The van der Waals surface area contributed by atoms with Crippen molar-refractivity contribution >= 4 is 5.91 Å². The Kier molecular flexibility index (Phi) is 5.05. The number of rotatable bonds is 5. The Balaban J connectivity index is 1.69. The first-order chi connectivity index (χ1) is 11.6. The van der Waals surface area contributed by atoms with Gasteiger partial charge >= 0.3 is 0 Å². The summed E-state index contributed by atoms with van der Waals surface area (Å²) in [5.41, 5.74) is 2.22. The van der Waals surface area contributed by atoms with Crippen molar-refractivity contribution in [3.05, 3.63) is 59.5 Å². The number of aryl methyl sites for hydroxylation is 1. The van der Waals surface area contributed by atoms with E-state index in [0.29, 0.717) is 12.2 Å². The lowest BCUT2D eigenvalue weighted by molar-refractivity contribution is -0.133. The summed E-state index contributed by atoms with van der Waals surface area (Å²) in [6.07, 6.45) is 3.36. The maximum absolute atomic E-state index is 13.0. The fraction of sp³-hybridized carbons (Fsp3) is 0.450. The van der Waals surface area contributed by atoms with Crippen LogP contribution in [-0.2, 0) is 4.79 Å². The fourth-order valence-corrected chi connectivity index (χ4v) is 3.56. The van der Waals surface area contributed by atoms with Gasteiger partial charge in [0, 0.05) is 19.0 Å². The van der Waals surface area contributed by atoms with Crippen molar-refractivity contribution in [1.29, 1.82) is 0 Å². The van der Waals surface area contributed by atoms with Crippen molar-refractivity contribution in [2.24, 2.45) is 0 Å². The highest BCUT2D eigenvalue weighted by atomic mass is 16.4. The molecule has 1 aliphatic rings. The average Bonchev–Trinajstić information content (AvgIpc) is 3.25. The number of aliphatic hydroxyl groups excluding tert-OH is 1. The van der Waals surface area contributed by atoms with Gasteiger partial charge in [0.15, 0.2) is 0 Å². The Hall–Kier alpha value is -2.07. The van der Waals surface area contributed by atoms with Crippen LogP contribution >= 0.6 is 0 Å². The summed E-state index contributed by atoms with van der Waals surface area (Å²) in [5.74, 6) is 0.557. The van der Waals surface area contributed by atoms with Crippen molar-refractivity contribution in [2.75, 3.05) is 6.54 Å². The first kappa shape index (κ1) is 16.8. The van der Waals surface area contributed by atoms with Crippen molar-refractivity contribution in [3.8, 4) is 0 Å². The van der Waals surface area contributed by atoms with Crippen LogP contribution in [0.3, 0.4) is 0 Å². The third-order valence-electron chi connectivity index (χ3n) is 4.94. The number of amides is 1. The smallest absolute Gasteiger partial charge is 0.230 e. The number of benzene rings is 1. The lowest BCUT2D eigenvalue weighted by Gasteiger charge is -2.29. The number of aliphatic hydroxyl groups is 1. The molecule has 4 nitrogen and oxygen atoms in total. The van der Waals surface area contributed by atoms with Gasteiger partial charge in [-0.05, 0) is 44.4 Å². The molecule has 3 atom stereocenters. The summed E-state index contributed by atoms with van der Waals surface area (Å²) in [7, 11) is 0. The Labute approximate surface area is 143 Å². The van der Waals surface area contributed by atoms with Crippen LogP contribution in [0.2, 0.25) is 0 Å². The lowest BCUT2D eigenvalue weighted by atomic mass is 9.97. The molecular formula is C20H25NO3. The minimum absolute atomic E-state index is 0.0739. The molecule has 0 saturated carbocycles. The molecule has 24 heavy (non-hydrogen) atoms. The van der Waals surface area contributed by atoms with Crippen LogP contribution in [0.15, 0.2) is 47.1 Å². The van der Waals surface area contributed by atoms with Crippen LogP contribution in [0.25, 0.3) is 0 Å². The monoisotopic (exact) mass is 327 g/mol. The van der Waals surface area contributed by atoms with Gasteiger partial charge in [-0.25, -0.2) is 0 Å². The van der Waals surface area contributed by atoms with Crippen LogP contribution in [0.5, 0.6) is 0 Å². The van der Waals surface area contributed by atoms with E-state index in [1.54, 1.807) is 18.4 Å². The third-order valence-corrected chi connectivity index (χ3v) is 4.94. The number of furan rings is 1. The van der Waals surface area contributed by atoms with Gasteiger partial charge in [0.1, 0.15) is 11.9 Å². The van der Waals surface area contributed by atoms with Gasteiger partial charge < -0.3 is 14.4 Å². The topological polar surface area (TPSA) is 53.7 Å². The standard InChI is InChI=1S/C20H25NO3/c1-14-6-3-7-16(12-14)15(2)20(23)21-10-4-8-17(21)13-18(22)19-9-5-11-24-19/h3,5-7,9,11-12,15,17-18,22H,4,8,10,13H2,1-2H3. The molecule has 128 valence electrons. The van der Waals surface area contributed by atoms with E-state index in [1.807, 2.05) is 36.9 Å². The molecular weight excluding hydrogens is 302 g/mol. The van der Waals surface area contributed by atoms with Gasteiger partial charge in [-0.3, -0.25) is 4.79 Å². The highest BCUT2D eigenvalue weighted by molar-refractivity contribution is 5.84. The number of hydrogen-bond acceptors (Lipinski definition) is 3. The Bertz CT molecular complexity index is 680. The Morgan fingerprint density at radius 2 is 2.21 bits per heavy atom. The number of likely N-dealkylation sites (tertiary alicyclic amines) is 1. The second-order valence-electron chi connectivity index (χ2n) is 6.73. The van der Waals surface area contributed by atoms with Gasteiger partial charge in [-0.2, -0.15) is 0 Å². The predicted octanol–water partition coefficient (Wildman–Crippen LogP) is 3.81. The van der Waals surface area contributed by atoms with E-state index >= 15 is 0 Å². The first-order valence-electron chi connectivity index (χ1n) is 8.65. The molecule has 0 spiro atoms. The molecule has 0 radical (unpaired) electrons. The van der Waals surface area contributed by atoms with Crippen molar-refractivity contribution in [2.45, 2.75) is 51.2 Å². The molecule has 2 heterocycles. The van der Waals surface area contributed by atoms with Gasteiger partial charge in [0.2, 0.25) is 5.91 Å². The largest absolute Gasteiger partial charge is 0.467 e. The van der Waals surface area contributed by atoms with E-state index in [0.717, 1.165) is 24.9 Å². The van der Waals surface area contributed by atoms with E-state index in [9.17, 15) is 9.90 Å². The summed E-state index contributed by atoms with van der Waals surface area (Å²) in [6.45, 7) is 4.78. The molecule has 1 N–H and O–H groups in total. The minimum atomic E-state index is -0.660. The molecule has 1 aliphatic heterocycles. The van der Waals surface area contributed by atoms with Gasteiger partial charge in [-0.1, -0.05) is 29.8 Å². The number of carbonyl (C=O) groups is 1. The molecule has 1 aromatic carbocycles. The maximum Gasteiger partial charge on any atom is 0.230 e. The summed E-state index contributed by atoms with van der Waals surface area (Å²) < 4.78 is 5.28. The third kappa shape index (κ3) is 3.54. The fourth-order valence-electron chi connectivity index (χ4n) is 3.56. The van der Waals surface area contributed by atoms with E-state index in [-0.39, 0.29) is 17.9 Å². The van der Waals surface area contributed by atoms with E-state index in [4.69, 9.17) is 4.42 Å².